The number of nitriles is 1. The van der Waals surface area contributed by atoms with Crippen molar-refractivity contribution in [3.05, 3.63) is 53.5 Å². The van der Waals surface area contributed by atoms with Crippen molar-refractivity contribution < 1.29 is 9.15 Å². The third-order valence-corrected chi connectivity index (χ3v) is 4.47. The van der Waals surface area contributed by atoms with Gasteiger partial charge in [0.05, 0.1) is 31.0 Å². The molecule has 0 spiro atoms. The minimum atomic E-state index is 0.456. The number of hydrogen-bond donors (Lipinski definition) is 0. The van der Waals surface area contributed by atoms with Crippen LogP contribution in [0.4, 0.5) is 0 Å². The fraction of sp³-hybridized carbons (Fsp3) is 0.353. The van der Waals surface area contributed by atoms with E-state index in [0.717, 1.165) is 37.8 Å². The van der Waals surface area contributed by atoms with Gasteiger partial charge in [0.15, 0.2) is 0 Å². The lowest BCUT2D eigenvalue weighted by Gasteiger charge is -2.27. The third-order valence-electron chi connectivity index (χ3n) is 4.47. The molecular formula is C17H16N2O2. The van der Waals surface area contributed by atoms with Crippen LogP contribution < -0.4 is 4.74 Å². The highest BCUT2D eigenvalue weighted by atomic mass is 16.5. The van der Waals surface area contributed by atoms with Gasteiger partial charge >= 0.3 is 0 Å². The Hall–Kier alpha value is -2.25. The second-order valence-corrected chi connectivity index (χ2v) is 5.82. The normalized spacial score (nSPS) is 24.0. The summed E-state index contributed by atoms with van der Waals surface area (Å²) in [5.41, 5.74) is 1.90. The molecule has 1 aromatic heterocycles. The van der Waals surface area contributed by atoms with Crippen LogP contribution in [0.5, 0.6) is 5.75 Å². The molecule has 21 heavy (non-hydrogen) atoms. The van der Waals surface area contributed by atoms with Crippen LogP contribution in [-0.4, -0.2) is 24.6 Å². The lowest BCUT2D eigenvalue weighted by molar-refractivity contribution is 0.210. The summed E-state index contributed by atoms with van der Waals surface area (Å²) in [6.07, 6.45) is 1.72. The first-order valence-electron chi connectivity index (χ1n) is 7.25. The Balaban J connectivity index is 1.58. The SMILES string of the molecule is N#Cc1ccc2c(c1)[C@@H]1CN(Cc3ccco3)C[C@H]1CO2. The van der Waals surface area contributed by atoms with E-state index < -0.39 is 0 Å². The van der Waals surface area contributed by atoms with Gasteiger partial charge in [0, 0.05) is 30.5 Å². The molecule has 106 valence electrons. The second kappa shape index (κ2) is 4.94. The van der Waals surface area contributed by atoms with E-state index in [0.29, 0.717) is 17.4 Å². The number of furan rings is 1. The van der Waals surface area contributed by atoms with Gasteiger partial charge in [0.1, 0.15) is 11.5 Å². The Morgan fingerprint density at radius 2 is 2.24 bits per heavy atom. The van der Waals surface area contributed by atoms with E-state index in [2.05, 4.69) is 11.0 Å². The van der Waals surface area contributed by atoms with Crippen molar-refractivity contribution in [2.24, 2.45) is 5.92 Å². The Kier molecular flexibility index (Phi) is 2.94. The Morgan fingerprint density at radius 3 is 3.05 bits per heavy atom. The van der Waals surface area contributed by atoms with Crippen molar-refractivity contribution in [2.75, 3.05) is 19.7 Å². The van der Waals surface area contributed by atoms with Crippen molar-refractivity contribution in [1.82, 2.24) is 4.90 Å². The Labute approximate surface area is 123 Å². The number of likely N-dealkylation sites (tertiary alicyclic amines) is 1. The summed E-state index contributed by atoms with van der Waals surface area (Å²) in [6, 6.07) is 11.9. The number of nitrogens with zero attached hydrogens (tertiary/aromatic N) is 2. The van der Waals surface area contributed by atoms with Crippen molar-refractivity contribution in [3.8, 4) is 11.8 Å². The minimum absolute atomic E-state index is 0.456. The van der Waals surface area contributed by atoms with Crippen LogP contribution in [0.1, 0.15) is 22.8 Å². The topological polar surface area (TPSA) is 49.4 Å². The number of ether oxygens (including phenoxy) is 1. The summed E-state index contributed by atoms with van der Waals surface area (Å²) < 4.78 is 11.3. The summed E-state index contributed by atoms with van der Waals surface area (Å²) in [7, 11) is 0. The van der Waals surface area contributed by atoms with Crippen molar-refractivity contribution >= 4 is 0 Å². The molecule has 2 aliphatic heterocycles. The molecule has 4 heteroatoms. The summed E-state index contributed by atoms with van der Waals surface area (Å²) in [5, 5.41) is 9.09. The molecule has 2 atom stereocenters. The highest BCUT2D eigenvalue weighted by Crippen LogP contribution is 2.42. The predicted octanol–water partition coefficient (Wildman–Crippen LogP) is 2.76. The average Bonchev–Trinajstić information content (AvgIpc) is 3.16. The number of rotatable bonds is 2. The zero-order valence-corrected chi connectivity index (χ0v) is 11.7. The van der Waals surface area contributed by atoms with Crippen LogP contribution in [-0.2, 0) is 6.54 Å². The van der Waals surface area contributed by atoms with Crippen LogP contribution in [0.25, 0.3) is 0 Å². The van der Waals surface area contributed by atoms with Gasteiger partial charge in [-0.25, -0.2) is 0 Å². The van der Waals surface area contributed by atoms with E-state index in [9.17, 15) is 0 Å². The van der Waals surface area contributed by atoms with Gasteiger partial charge in [-0.05, 0) is 30.3 Å². The zero-order chi connectivity index (χ0) is 14.2. The molecule has 0 unspecified atom stereocenters. The molecule has 2 aromatic rings. The molecule has 2 aliphatic rings. The molecule has 1 saturated heterocycles. The van der Waals surface area contributed by atoms with Gasteiger partial charge in [0.2, 0.25) is 0 Å². The molecule has 0 saturated carbocycles. The van der Waals surface area contributed by atoms with Crippen LogP contribution in [0.3, 0.4) is 0 Å². The molecule has 1 aromatic carbocycles. The largest absolute Gasteiger partial charge is 0.493 e. The molecule has 4 rings (SSSR count). The van der Waals surface area contributed by atoms with Crippen molar-refractivity contribution in [1.29, 1.82) is 5.26 Å². The summed E-state index contributed by atoms with van der Waals surface area (Å²) in [6.45, 7) is 3.61. The van der Waals surface area contributed by atoms with Gasteiger partial charge < -0.3 is 9.15 Å². The number of hydrogen-bond acceptors (Lipinski definition) is 4. The fourth-order valence-electron chi connectivity index (χ4n) is 3.47. The molecule has 1 fully saturated rings. The molecule has 0 bridgehead atoms. The molecule has 0 amide bonds. The maximum absolute atomic E-state index is 9.09. The average molecular weight is 280 g/mol. The highest BCUT2D eigenvalue weighted by molar-refractivity contribution is 5.46. The van der Waals surface area contributed by atoms with Crippen molar-refractivity contribution in [3.63, 3.8) is 0 Å². The van der Waals surface area contributed by atoms with E-state index in [1.54, 1.807) is 6.26 Å². The second-order valence-electron chi connectivity index (χ2n) is 5.82. The van der Waals surface area contributed by atoms with Gasteiger partial charge in [-0.2, -0.15) is 5.26 Å². The first-order chi connectivity index (χ1) is 10.3. The smallest absolute Gasteiger partial charge is 0.122 e. The van der Waals surface area contributed by atoms with E-state index in [-0.39, 0.29) is 0 Å². The van der Waals surface area contributed by atoms with Gasteiger partial charge in [-0.15, -0.1) is 0 Å². The van der Waals surface area contributed by atoms with Gasteiger partial charge in [0.25, 0.3) is 0 Å². The van der Waals surface area contributed by atoms with Crippen molar-refractivity contribution in [2.45, 2.75) is 12.5 Å². The van der Waals surface area contributed by atoms with E-state index >= 15 is 0 Å². The van der Waals surface area contributed by atoms with Crippen LogP contribution in [0, 0.1) is 17.2 Å². The highest BCUT2D eigenvalue weighted by Gasteiger charge is 2.38. The van der Waals surface area contributed by atoms with Gasteiger partial charge in [-0.1, -0.05) is 0 Å². The Morgan fingerprint density at radius 1 is 1.29 bits per heavy atom. The molecule has 0 aliphatic carbocycles. The first-order valence-corrected chi connectivity index (χ1v) is 7.25. The fourth-order valence-corrected chi connectivity index (χ4v) is 3.47. The molecule has 0 N–H and O–H groups in total. The predicted molar refractivity (Wildman–Crippen MR) is 76.9 cm³/mol. The quantitative estimate of drug-likeness (QED) is 0.848. The third kappa shape index (κ3) is 2.20. The molecule has 3 heterocycles. The van der Waals surface area contributed by atoms with E-state index in [4.69, 9.17) is 14.4 Å². The monoisotopic (exact) mass is 280 g/mol. The summed E-state index contributed by atoms with van der Waals surface area (Å²) in [4.78, 5) is 2.41. The molecule has 0 radical (unpaired) electrons. The summed E-state index contributed by atoms with van der Waals surface area (Å²) >= 11 is 0. The number of benzene rings is 1. The standard InChI is InChI=1S/C17H16N2O2/c18-7-12-3-4-17-15(6-12)16-10-19(8-13(16)11-21-17)9-14-2-1-5-20-14/h1-6,13,16H,8-11H2/t13-,16+/m0/s1. The van der Waals surface area contributed by atoms with Gasteiger partial charge in [-0.3, -0.25) is 4.90 Å². The van der Waals surface area contributed by atoms with Crippen LogP contribution in [0.2, 0.25) is 0 Å². The van der Waals surface area contributed by atoms with Crippen LogP contribution in [0.15, 0.2) is 41.0 Å². The minimum Gasteiger partial charge on any atom is -0.493 e. The molecule has 4 nitrogen and oxygen atoms in total. The summed E-state index contributed by atoms with van der Waals surface area (Å²) in [5.74, 6) is 2.90. The molecular weight excluding hydrogens is 264 g/mol. The maximum Gasteiger partial charge on any atom is 0.122 e. The lowest BCUT2D eigenvalue weighted by atomic mass is 9.86. The maximum atomic E-state index is 9.09. The van der Waals surface area contributed by atoms with E-state index in [1.165, 1.54) is 5.56 Å². The Bertz CT molecular complexity index is 687. The van der Waals surface area contributed by atoms with E-state index in [1.807, 2.05) is 30.3 Å². The van der Waals surface area contributed by atoms with Crippen LogP contribution >= 0.6 is 0 Å². The zero-order valence-electron chi connectivity index (χ0n) is 11.7. The number of fused-ring (bicyclic) bond motifs is 3. The first kappa shape index (κ1) is 12.5. The lowest BCUT2D eigenvalue weighted by Crippen LogP contribution is -2.25.